The van der Waals surface area contributed by atoms with Crippen molar-refractivity contribution in [3.05, 3.63) is 24.3 Å². The van der Waals surface area contributed by atoms with E-state index in [0.717, 1.165) is 70.7 Å². The van der Waals surface area contributed by atoms with Crippen LogP contribution in [-0.4, -0.2) is 32.2 Å². The summed E-state index contributed by atoms with van der Waals surface area (Å²) < 4.78 is 43.7. The van der Waals surface area contributed by atoms with Crippen LogP contribution in [0.5, 0.6) is 0 Å². The Hall–Kier alpha value is -0.780. The van der Waals surface area contributed by atoms with E-state index >= 15 is 0 Å². The topological polar surface area (TPSA) is 27.7 Å². The second-order valence-corrected chi connectivity index (χ2v) is 12.5. The lowest BCUT2D eigenvalue weighted by Gasteiger charge is -2.41. The van der Waals surface area contributed by atoms with Crippen molar-refractivity contribution in [2.75, 3.05) is 19.8 Å². The Kier molecular flexibility index (Phi) is 12.4. The predicted octanol–water partition coefficient (Wildman–Crippen LogP) is 9.08. The van der Waals surface area contributed by atoms with Crippen molar-refractivity contribution < 1.29 is 23.0 Å². The molecular weight excluding hydrogens is 470 g/mol. The average molecular weight is 523 g/mol. The van der Waals surface area contributed by atoms with Gasteiger partial charge in [-0.05, 0) is 126 Å². The molecule has 0 radical (unpaired) electrons. The maximum absolute atomic E-state index is 12.4. The highest BCUT2D eigenvalue weighted by Gasteiger charge is 2.36. The van der Waals surface area contributed by atoms with Crippen molar-refractivity contribution in [3.63, 3.8) is 0 Å². The highest BCUT2D eigenvalue weighted by molar-refractivity contribution is 4.92. The largest absolute Gasteiger partial charge is 0.378 e. The van der Waals surface area contributed by atoms with Crippen LogP contribution in [-0.2, 0) is 14.2 Å². The molecule has 4 fully saturated rings. The molecular formula is C32H52F2O3. The molecule has 3 aliphatic carbocycles. The Morgan fingerprint density at radius 3 is 2.08 bits per heavy atom. The van der Waals surface area contributed by atoms with Gasteiger partial charge in [0.25, 0.3) is 6.08 Å². The Morgan fingerprint density at radius 2 is 1.43 bits per heavy atom. The molecule has 0 atom stereocenters. The van der Waals surface area contributed by atoms with E-state index in [9.17, 15) is 8.78 Å². The van der Waals surface area contributed by atoms with Gasteiger partial charge in [-0.25, -0.2) is 0 Å². The van der Waals surface area contributed by atoms with E-state index in [4.69, 9.17) is 14.2 Å². The van der Waals surface area contributed by atoms with Crippen molar-refractivity contribution >= 4 is 0 Å². The molecule has 3 saturated carbocycles. The zero-order valence-electron chi connectivity index (χ0n) is 23.3. The first-order valence-electron chi connectivity index (χ1n) is 15.6. The zero-order chi connectivity index (χ0) is 25.9. The molecule has 3 nitrogen and oxygen atoms in total. The number of ether oxygens (including phenoxy) is 3. The summed E-state index contributed by atoms with van der Waals surface area (Å²) in [5, 5.41) is 0. The molecule has 1 heterocycles. The highest BCUT2D eigenvalue weighted by atomic mass is 19.3. The molecule has 4 rings (SSSR count). The van der Waals surface area contributed by atoms with Gasteiger partial charge in [-0.3, -0.25) is 0 Å². The summed E-state index contributed by atoms with van der Waals surface area (Å²) in [5.41, 5.74) is 0. The summed E-state index contributed by atoms with van der Waals surface area (Å²) in [6.45, 7) is 4.83. The second kappa shape index (κ2) is 15.7. The maximum atomic E-state index is 12.4. The van der Waals surface area contributed by atoms with Gasteiger partial charge in [0.2, 0.25) is 0 Å². The summed E-state index contributed by atoms with van der Waals surface area (Å²) in [6.07, 6.45) is 23.4. The average Bonchev–Trinajstić information content (AvgIpc) is 2.93. The fourth-order valence-corrected chi connectivity index (χ4v) is 7.31. The summed E-state index contributed by atoms with van der Waals surface area (Å²) in [7, 11) is 0. The third kappa shape index (κ3) is 9.72. The first kappa shape index (κ1) is 29.2. The van der Waals surface area contributed by atoms with Gasteiger partial charge >= 0.3 is 0 Å². The molecule has 212 valence electrons. The molecule has 1 saturated heterocycles. The molecule has 0 spiro atoms. The minimum Gasteiger partial charge on any atom is -0.378 e. The van der Waals surface area contributed by atoms with Gasteiger partial charge in [-0.15, -0.1) is 0 Å². The van der Waals surface area contributed by atoms with E-state index in [2.05, 4.69) is 19.1 Å². The highest BCUT2D eigenvalue weighted by Crippen LogP contribution is 2.38. The molecule has 1 aliphatic heterocycles. The molecule has 37 heavy (non-hydrogen) atoms. The fraction of sp³-hybridized carbons (Fsp3) is 0.875. The first-order chi connectivity index (χ1) is 18.1. The third-order valence-corrected chi connectivity index (χ3v) is 9.76. The minimum absolute atomic E-state index is 0.0212. The maximum Gasteiger partial charge on any atom is 0.266 e. The molecule has 4 aliphatic rings. The van der Waals surface area contributed by atoms with Gasteiger partial charge < -0.3 is 14.2 Å². The lowest BCUT2D eigenvalue weighted by molar-refractivity contribution is -0.237. The zero-order valence-corrected chi connectivity index (χ0v) is 23.3. The summed E-state index contributed by atoms with van der Waals surface area (Å²) in [6, 6.07) is 0. The molecule has 0 bridgehead atoms. The summed E-state index contributed by atoms with van der Waals surface area (Å²) in [5.74, 6) is 3.37. The second-order valence-electron chi connectivity index (χ2n) is 12.5. The molecule has 0 amide bonds. The van der Waals surface area contributed by atoms with Crippen LogP contribution in [0.2, 0.25) is 0 Å². The van der Waals surface area contributed by atoms with E-state index in [1.807, 2.05) is 0 Å². The van der Waals surface area contributed by atoms with Crippen LogP contribution in [0.4, 0.5) is 8.78 Å². The van der Waals surface area contributed by atoms with Crippen molar-refractivity contribution in [1.29, 1.82) is 0 Å². The van der Waals surface area contributed by atoms with Crippen LogP contribution >= 0.6 is 0 Å². The molecule has 5 heteroatoms. The molecule has 0 unspecified atom stereocenters. The number of hydrogen-bond acceptors (Lipinski definition) is 3. The lowest BCUT2D eigenvalue weighted by atomic mass is 9.78. The Labute approximate surface area is 224 Å². The van der Waals surface area contributed by atoms with E-state index in [1.54, 1.807) is 0 Å². The smallest absolute Gasteiger partial charge is 0.266 e. The van der Waals surface area contributed by atoms with Gasteiger partial charge in [0.15, 0.2) is 6.29 Å². The van der Waals surface area contributed by atoms with E-state index in [-0.39, 0.29) is 12.2 Å². The number of unbranched alkanes of at least 4 members (excludes halogenated alkanes) is 1. The van der Waals surface area contributed by atoms with Gasteiger partial charge in [-0.2, -0.15) is 8.78 Å². The number of hydrogen-bond donors (Lipinski definition) is 0. The Bertz CT molecular complexity index is 674. The van der Waals surface area contributed by atoms with Crippen molar-refractivity contribution in [3.8, 4) is 0 Å². The van der Waals surface area contributed by atoms with E-state index in [1.165, 1.54) is 63.9 Å². The van der Waals surface area contributed by atoms with E-state index in [0.29, 0.717) is 29.8 Å². The van der Waals surface area contributed by atoms with Crippen molar-refractivity contribution in [1.82, 2.24) is 0 Å². The van der Waals surface area contributed by atoms with Crippen LogP contribution < -0.4 is 0 Å². The van der Waals surface area contributed by atoms with Gasteiger partial charge in [0.05, 0.1) is 19.3 Å². The van der Waals surface area contributed by atoms with Crippen LogP contribution in [0, 0.1) is 35.5 Å². The number of rotatable bonds is 11. The normalized spacial score (nSPS) is 37.5. The Balaban J connectivity index is 1.03. The number of allylic oxidation sites excluding steroid dienone is 3. The molecule has 0 N–H and O–H groups in total. The predicted molar refractivity (Wildman–Crippen MR) is 145 cm³/mol. The van der Waals surface area contributed by atoms with E-state index < -0.39 is 6.08 Å². The molecule has 0 aromatic heterocycles. The number of halogens is 2. The van der Waals surface area contributed by atoms with Crippen LogP contribution in [0.15, 0.2) is 24.3 Å². The van der Waals surface area contributed by atoms with Gasteiger partial charge in [-0.1, -0.05) is 25.5 Å². The van der Waals surface area contributed by atoms with Crippen molar-refractivity contribution in [2.45, 2.75) is 122 Å². The van der Waals surface area contributed by atoms with Crippen molar-refractivity contribution in [2.24, 2.45) is 35.5 Å². The minimum atomic E-state index is -1.51. The summed E-state index contributed by atoms with van der Waals surface area (Å²) >= 11 is 0. The lowest BCUT2D eigenvalue weighted by Crippen LogP contribution is -2.41. The Morgan fingerprint density at radius 1 is 0.784 bits per heavy atom. The van der Waals surface area contributed by atoms with Crippen LogP contribution in [0.1, 0.15) is 110 Å². The third-order valence-electron chi connectivity index (χ3n) is 9.76. The molecule has 0 aromatic carbocycles. The quantitative estimate of drug-likeness (QED) is 0.200. The SMILES string of the molecule is CCCC=CC1CCC(C2OCC(C3CCC(OCCCC4CCC(C=C(F)F)CC4)CC3)CO2)CC1. The van der Waals surface area contributed by atoms with Gasteiger partial charge in [0.1, 0.15) is 0 Å². The fourth-order valence-electron chi connectivity index (χ4n) is 7.31. The monoisotopic (exact) mass is 522 g/mol. The van der Waals surface area contributed by atoms with Crippen LogP contribution in [0.3, 0.4) is 0 Å². The first-order valence-corrected chi connectivity index (χ1v) is 15.6. The molecule has 0 aromatic rings. The summed E-state index contributed by atoms with van der Waals surface area (Å²) in [4.78, 5) is 0. The van der Waals surface area contributed by atoms with Crippen LogP contribution in [0.25, 0.3) is 0 Å². The standard InChI is InChI=1S/C32H52F2O3/c1-2-3-4-6-24-12-14-28(15-13-24)32-36-22-29(23-37-32)27-16-18-30(19-17-27)35-20-5-7-25-8-10-26(11-9-25)21-31(33)34/h4,6,21,24-30,32H,2-3,5,7-20,22-23H2,1H3. The van der Waals surface area contributed by atoms with Gasteiger partial charge in [0, 0.05) is 18.4 Å².